The molecule has 66 valence electrons. The first-order valence-corrected chi connectivity index (χ1v) is 3.95. The minimum Gasteiger partial charge on any atom is -0.308 e. The molecule has 0 atom stereocenters. The lowest BCUT2D eigenvalue weighted by atomic mass is 10.1. The Balaban J connectivity index is 3.59. The van der Waals surface area contributed by atoms with Crippen LogP contribution in [0.3, 0.4) is 0 Å². The number of nitriles is 1. The Morgan fingerprint density at radius 3 is 2.54 bits per heavy atom. The van der Waals surface area contributed by atoms with Crippen LogP contribution >= 0.6 is 23.2 Å². The molecule has 0 bridgehead atoms. The maximum Gasteiger partial charge on any atom is 0.143 e. The molecular weight excluding hydrogens is 214 g/mol. The normalized spacial score (nSPS) is 9.38. The summed E-state index contributed by atoms with van der Waals surface area (Å²) < 4.78 is 12.9. The third-order valence-electron chi connectivity index (χ3n) is 1.45. The molecule has 2 nitrogen and oxygen atoms in total. The smallest absolute Gasteiger partial charge is 0.143 e. The van der Waals surface area contributed by atoms with Crippen LogP contribution in [-0.4, -0.2) is 6.21 Å². The van der Waals surface area contributed by atoms with Crippen molar-refractivity contribution < 1.29 is 4.39 Å². The van der Waals surface area contributed by atoms with Crippen LogP contribution in [0.1, 0.15) is 11.1 Å². The first-order chi connectivity index (χ1) is 6.11. The quantitative estimate of drug-likeness (QED) is 0.570. The van der Waals surface area contributed by atoms with E-state index in [4.69, 9.17) is 33.9 Å². The first kappa shape index (κ1) is 9.97. The summed E-state index contributed by atoms with van der Waals surface area (Å²) in [5.41, 5.74) is 0.00181. The molecule has 0 unspecified atom stereocenters. The van der Waals surface area contributed by atoms with Gasteiger partial charge in [-0.2, -0.15) is 5.26 Å². The minimum absolute atomic E-state index is 0.00361. The molecule has 0 saturated heterocycles. The molecule has 0 amide bonds. The van der Waals surface area contributed by atoms with Crippen molar-refractivity contribution in [2.45, 2.75) is 0 Å². The summed E-state index contributed by atoms with van der Waals surface area (Å²) in [7, 11) is 0. The number of rotatable bonds is 1. The van der Waals surface area contributed by atoms with E-state index in [9.17, 15) is 4.39 Å². The summed E-state index contributed by atoms with van der Waals surface area (Å²) in [5, 5.41) is 15.2. The van der Waals surface area contributed by atoms with Gasteiger partial charge in [0.05, 0.1) is 15.6 Å². The predicted octanol–water partition coefficient (Wildman–Crippen LogP) is 3.00. The van der Waals surface area contributed by atoms with Crippen LogP contribution in [0.25, 0.3) is 0 Å². The zero-order chi connectivity index (χ0) is 10.0. The van der Waals surface area contributed by atoms with Crippen molar-refractivity contribution in [1.29, 1.82) is 10.7 Å². The van der Waals surface area contributed by atoms with Crippen molar-refractivity contribution in [2.75, 3.05) is 0 Å². The molecule has 1 N–H and O–H groups in total. The summed E-state index contributed by atoms with van der Waals surface area (Å²) in [6.45, 7) is 0. The largest absolute Gasteiger partial charge is 0.308 e. The highest BCUT2D eigenvalue weighted by molar-refractivity contribution is 6.39. The van der Waals surface area contributed by atoms with Crippen LogP contribution in [-0.2, 0) is 0 Å². The predicted molar refractivity (Wildman–Crippen MR) is 49.0 cm³/mol. The molecule has 0 spiro atoms. The fourth-order valence-corrected chi connectivity index (χ4v) is 1.33. The van der Waals surface area contributed by atoms with E-state index < -0.39 is 5.82 Å². The second kappa shape index (κ2) is 3.73. The molecule has 0 heterocycles. The Morgan fingerprint density at radius 1 is 1.46 bits per heavy atom. The fourth-order valence-electron chi connectivity index (χ4n) is 0.832. The Labute approximate surface area is 84.0 Å². The van der Waals surface area contributed by atoms with Gasteiger partial charge >= 0.3 is 0 Å². The highest BCUT2D eigenvalue weighted by Gasteiger charge is 2.13. The van der Waals surface area contributed by atoms with Crippen molar-refractivity contribution in [3.05, 3.63) is 33.1 Å². The molecule has 0 radical (unpaired) electrons. The molecule has 0 aromatic heterocycles. The Hall–Kier alpha value is -1.11. The third kappa shape index (κ3) is 1.64. The van der Waals surface area contributed by atoms with Crippen molar-refractivity contribution in [1.82, 2.24) is 0 Å². The lowest BCUT2D eigenvalue weighted by Gasteiger charge is -2.03. The Bertz CT molecular complexity index is 410. The Kier molecular flexibility index (Phi) is 2.86. The molecule has 1 aromatic carbocycles. The van der Waals surface area contributed by atoms with Crippen LogP contribution in [0, 0.1) is 22.6 Å². The van der Waals surface area contributed by atoms with Crippen molar-refractivity contribution in [3.8, 4) is 6.07 Å². The fraction of sp³-hybridized carbons (Fsp3) is 0. The Morgan fingerprint density at radius 2 is 2.08 bits per heavy atom. The molecule has 0 saturated carbocycles. The van der Waals surface area contributed by atoms with E-state index in [1.807, 2.05) is 0 Å². The van der Waals surface area contributed by atoms with Crippen LogP contribution < -0.4 is 0 Å². The van der Waals surface area contributed by atoms with E-state index >= 15 is 0 Å². The molecule has 0 fully saturated rings. The molecule has 0 aliphatic rings. The maximum absolute atomic E-state index is 12.9. The van der Waals surface area contributed by atoms with Gasteiger partial charge in [-0.1, -0.05) is 23.2 Å². The van der Waals surface area contributed by atoms with Gasteiger partial charge in [-0.05, 0) is 6.07 Å². The second-order valence-electron chi connectivity index (χ2n) is 2.20. The monoisotopic (exact) mass is 216 g/mol. The van der Waals surface area contributed by atoms with E-state index in [0.29, 0.717) is 0 Å². The third-order valence-corrected chi connectivity index (χ3v) is 2.25. The second-order valence-corrected chi connectivity index (χ2v) is 2.96. The van der Waals surface area contributed by atoms with E-state index in [1.54, 1.807) is 6.07 Å². The van der Waals surface area contributed by atoms with Gasteiger partial charge in [0.15, 0.2) is 0 Å². The zero-order valence-corrected chi connectivity index (χ0v) is 7.75. The number of halogens is 3. The molecule has 5 heteroatoms. The summed E-state index contributed by atoms with van der Waals surface area (Å²) in [5.74, 6) is -0.749. The average molecular weight is 217 g/mol. The number of nitrogens with zero attached hydrogens (tertiary/aromatic N) is 1. The molecule has 1 aromatic rings. The van der Waals surface area contributed by atoms with E-state index in [-0.39, 0.29) is 21.2 Å². The lowest BCUT2D eigenvalue weighted by molar-refractivity contribution is 0.627. The standard InChI is InChI=1S/C8H3Cl2FN2/c9-7-4(2-12)1-6(11)8(10)5(7)3-13/h1,3,13H. The number of hydrogen-bond donors (Lipinski definition) is 1. The highest BCUT2D eigenvalue weighted by Crippen LogP contribution is 2.28. The van der Waals surface area contributed by atoms with Crippen molar-refractivity contribution in [2.24, 2.45) is 0 Å². The molecule has 13 heavy (non-hydrogen) atoms. The minimum atomic E-state index is -0.749. The number of nitrogens with one attached hydrogen (secondary N) is 1. The summed E-state index contributed by atoms with van der Waals surface area (Å²) >= 11 is 11.2. The van der Waals surface area contributed by atoms with Gasteiger partial charge in [0.2, 0.25) is 0 Å². The van der Waals surface area contributed by atoms with Gasteiger partial charge in [0.25, 0.3) is 0 Å². The van der Waals surface area contributed by atoms with E-state index in [0.717, 1.165) is 12.3 Å². The van der Waals surface area contributed by atoms with Gasteiger partial charge in [0.1, 0.15) is 11.9 Å². The van der Waals surface area contributed by atoms with E-state index in [1.165, 1.54) is 0 Å². The summed E-state index contributed by atoms with van der Waals surface area (Å²) in [6, 6.07) is 2.65. The first-order valence-electron chi connectivity index (χ1n) is 3.20. The average Bonchev–Trinajstić information content (AvgIpc) is 2.12. The molecule has 0 aliphatic carbocycles. The maximum atomic E-state index is 12.9. The van der Waals surface area contributed by atoms with Crippen LogP contribution in [0.15, 0.2) is 6.07 Å². The van der Waals surface area contributed by atoms with Crippen LogP contribution in [0.2, 0.25) is 10.0 Å². The highest BCUT2D eigenvalue weighted by atomic mass is 35.5. The topological polar surface area (TPSA) is 47.6 Å². The number of hydrogen-bond acceptors (Lipinski definition) is 2. The van der Waals surface area contributed by atoms with Gasteiger partial charge < -0.3 is 5.41 Å². The van der Waals surface area contributed by atoms with Crippen LogP contribution in [0.5, 0.6) is 0 Å². The van der Waals surface area contributed by atoms with Gasteiger partial charge in [-0.3, -0.25) is 0 Å². The molecular formula is C8H3Cl2FN2. The number of benzene rings is 1. The van der Waals surface area contributed by atoms with Crippen molar-refractivity contribution >= 4 is 29.4 Å². The van der Waals surface area contributed by atoms with E-state index in [2.05, 4.69) is 0 Å². The molecule has 0 aliphatic heterocycles. The molecule has 1 rings (SSSR count). The van der Waals surface area contributed by atoms with Gasteiger partial charge in [0, 0.05) is 11.8 Å². The summed E-state index contributed by atoms with van der Waals surface area (Å²) in [6.07, 6.45) is 0.814. The summed E-state index contributed by atoms with van der Waals surface area (Å²) in [4.78, 5) is 0. The lowest BCUT2D eigenvalue weighted by Crippen LogP contribution is -1.92. The van der Waals surface area contributed by atoms with Gasteiger partial charge in [-0.25, -0.2) is 4.39 Å². The SMILES string of the molecule is N#Cc1cc(F)c(Cl)c(C=N)c1Cl. The van der Waals surface area contributed by atoms with Crippen LogP contribution in [0.4, 0.5) is 4.39 Å². The van der Waals surface area contributed by atoms with Crippen molar-refractivity contribution in [3.63, 3.8) is 0 Å². The zero-order valence-electron chi connectivity index (χ0n) is 6.24. The van der Waals surface area contributed by atoms with Gasteiger partial charge in [-0.15, -0.1) is 0 Å².